The molecule has 0 bridgehead atoms. The molecule has 0 atom stereocenters. The molecule has 0 saturated carbocycles. The third kappa shape index (κ3) is 3.34. The van der Waals surface area contributed by atoms with Gasteiger partial charge in [-0.3, -0.25) is 4.79 Å². The molecule has 0 unspecified atom stereocenters. The number of hydrogen-bond acceptors (Lipinski definition) is 4. The van der Waals surface area contributed by atoms with Crippen LogP contribution < -0.4 is 0 Å². The van der Waals surface area contributed by atoms with E-state index in [0.717, 1.165) is 0 Å². The van der Waals surface area contributed by atoms with Crippen LogP contribution in [0.3, 0.4) is 0 Å². The fraction of sp³-hybridized carbons (Fsp3) is 0.714. The summed E-state index contributed by atoms with van der Waals surface area (Å²) in [5, 5.41) is 0. The summed E-state index contributed by atoms with van der Waals surface area (Å²) in [6.45, 7) is 10.2. The zero-order valence-corrected chi connectivity index (χ0v) is 11.9. The fourth-order valence-corrected chi connectivity index (χ4v) is 2.75. The summed E-state index contributed by atoms with van der Waals surface area (Å²) in [6.07, 6.45) is 4.19. The van der Waals surface area contributed by atoms with Crippen molar-refractivity contribution in [3.63, 3.8) is 0 Å². The topological polar surface area (TPSA) is 46.6 Å². The minimum absolute atomic E-state index is 0.269. The van der Waals surface area contributed by atoms with Gasteiger partial charge in [0.2, 0.25) is 0 Å². The number of hydrogen-bond donors (Lipinski definition) is 0. The predicted molar refractivity (Wildman–Crippen MR) is 70.0 cm³/mol. The first-order valence-corrected chi connectivity index (χ1v) is 6.35. The summed E-state index contributed by atoms with van der Waals surface area (Å²) >= 11 is 0. The number of rotatable bonds is 3. The Bertz CT molecular complexity index is 349. The number of likely N-dealkylation sites (tertiary alicyclic amines) is 1. The Morgan fingerprint density at radius 3 is 2.22 bits per heavy atom. The SMILES string of the molecule is CCOC(=O)/C=C/N1C(C)(C)CC(=O)CC1(C)C. The van der Waals surface area contributed by atoms with Gasteiger partial charge >= 0.3 is 5.97 Å². The van der Waals surface area contributed by atoms with Crippen LogP contribution in [0, 0.1) is 0 Å². The lowest BCUT2D eigenvalue weighted by Crippen LogP contribution is -2.58. The van der Waals surface area contributed by atoms with Gasteiger partial charge in [0.15, 0.2) is 0 Å². The Balaban J connectivity index is 2.89. The zero-order valence-electron chi connectivity index (χ0n) is 11.9. The number of piperidine rings is 1. The smallest absolute Gasteiger partial charge is 0.332 e. The first kappa shape index (κ1) is 14.7. The molecule has 4 nitrogen and oxygen atoms in total. The van der Waals surface area contributed by atoms with Crippen molar-refractivity contribution in [3.8, 4) is 0 Å². The van der Waals surface area contributed by atoms with Gasteiger partial charge in [-0.1, -0.05) is 0 Å². The highest BCUT2D eigenvalue weighted by Gasteiger charge is 2.43. The summed E-state index contributed by atoms with van der Waals surface area (Å²) in [7, 11) is 0. The molecule has 0 amide bonds. The van der Waals surface area contributed by atoms with Gasteiger partial charge in [-0.05, 0) is 34.6 Å². The van der Waals surface area contributed by atoms with E-state index in [0.29, 0.717) is 19.4 Å². The van der Waals surface area contributed by atoms with Crippen molar-refractivity contribution < 1.29 is 14.3 Å². The Morgan fingerprint density at radius 2 is 1.78 bits per heavy atom. The van der Waals surface area contributed by atoms with Crippen LogP contribution in [0.4, 0.5) is 0 Å². The summed E-state index contributed by atoms with van der Waals surface area (Å²) in [5.41, 5.74) is -0.552. The summed E-state index contributed by atoms with van der Waals surface area (Å²) in [5.74, 6) is -0.0771. The van der Waals surface area contributed by atoms with Crippen molar-refractivity contribution in [2.75, 3.05) is 6.61 Å². The van der Waals surface area contributed by atoms with Gasteiger partial charge < -0.3 is 9.64 Å². The maximum absolute atomic E-state index is 11.7. The first-order chi connectivity index (χ1) is 8.19. The maximum atomic E-state index is 11.7. The number of ketones is 1. The van der Waals surface area contributed by atoms with Gasteiger partial charge in [0.25, 0.3) is 0 Å². The second-order valence-electron chi connectivity index (χ2n) is 5.95. The van der Waals surface area contributed by atoms with Crippen molar-refractivity contribution in [1.29, 1.82) is 0 Å². The Morgan fingerprint density at radius 1 is 1.28 bits per heavy atom. The van der Waals surface area contributed by atoms with Crippen LogP contribution in [0.5, 0.6) is 0 Å². The molecular weight excluding hydrogens is 230 g/mol. The quantitative estimate of drug-likeness (QED) is 0.572. The lowest BCUT2D eigenvalue weighted by Gasteiger charge is -2.51. The molecule has 0 aromatic carbocycles. The van der Waals surface area contributed by atoms with Crippen LogP contribution in [0.25, 0.3) is 0 Å². The molecule has 0 aliphatic carbocycles. The van der Waals surface area contributed by atoms with E-state index in [1.54, 1.807) is 13.1 Å². The minimum atomic E-state index is -0.346. The molecule has 0 radical (unpaired) electrons. The molecule has 0 spiro atoms. The van der Waals surface area contributed by atoms with Crippen molar-refractivity contribution in [2.24, 2.45) is 0 Å². The Hall–Kier alpha value is -1.32. The highest BCUT2D eigenvalue weighted by atomic mass is 16.5. The van der Waals surface area contributed by atoms with Crippen molar-refractivity contribution in [2.45, 2.75) is 58.5 Å². The highest BCUT2D eigenvalue weighted by molar-refractivity contribution is 5.83. The van der Waals surface area contributed by atoms with Crippen LogP contribution in [-0.2, 0) is 14.3 Å². The molecule has 1 heterocycles. The van der Waals surface area contributed by atoms with E-state index in [4.69, 9.17) is 4.74 Å². The van der Waals surface area contributed by atoms with Crippen molar-refractivity contribution in [3.05, 3.63) is 12.3 Å². The van der Waals surface area contributed by atoms with E-state index in [-0.39, 0.29) is 22.8 Å². The summed E-state index contributed by atoms with van der Waals surface area (Å²) < 4.78 is 4.87. The molecule has 0 aromatic rings. The first-order valence-electron chi connectivity index (χ1n) is 6.35. The van der Waals surface area contributed by atoms with Crippen LogP contribution >= 0.6 is 0 Å². The monoisotopic (exact) mass is 253 g/mol. The third-order valence-electron chi connectivity index (χ3n) is 3.21. The molecule has 0 aromatic heterocycles. The van der Waals surface area contributed by atoms with E-state index in [1.807, 2.05) is 27.7 Å². The maximum Gasteiger partial charge on any atom is 0.332 e. The fourth-order valence-electron chi connectivity index (χ4n) is 2.75. The van der Waals surface area contributed by atoms with Crippen molar-refractivity contribution in [1.82, 2.24) is 4.90 Å². The Kier molecular flexibility index (Phi) is 4.20. The third-order valence-corrected chi connectivity index (χ3v) is 3.21. The predicted octanol–water partition coefficient (Wildman–Crippen LogP) is 2.29. The normalized spacial score (nSPS) is 22.3. The molecule has 1 aliphatic rings. The number of esters is 1. The van der Waals surface area contributed by atoms with Gasteiger partial charge in [0, 0.05) is 36.2 Å². The summed E-state index contributed by atoms with van der Waals surface area (Å²) in [6, 6.07) is 0. The molecule has 1 rings (SSSR count). The molecule has 1 saturated heterocycles. The van der Waals surface area contributed by atoms with Gasteiger partial charge in [0.1, 0.15) is 5.78 Å². The largest absolute Gasteiger partial charge is 0.463 e. The van der Waals surface area contributed by atoms with Gasteiger partial charge in [-0.25, -0.2) is 4.79 Å². The van der Waals surface area contributed by atoms with Gasteiger partial charge in [0.05, 0.1) is 6.61 Å². The molecular formula is C14H23NO3. The minimum Gasteiger partial charge on any atom is -0.463 e. The van der Waals surface area contributed by atoms with Crippen LogP contribution in [0.15, 0.2) is 12.3 Å². The lowest BCUT2D eigenvalue weighted by atomic mass is 9.79. The molecule has 18 heavy (non-hydrogen) atoms. The van der Waals surface area contributed by atoms with E-state index in [9.17, 15) is 9.59 Å². The number of ether oxygens (including phenoxy) is 1. The molecule has 1 aliphatic heterocycles. The second kappa shape index (κ2) is 5.12. The number of carbonyl (C=O) groups is 2. The van der Waals surface area contributed by atoms with Crippen LogP contribution in [-0.4, -0.2) is 34.3 Å². The van der Waals surface area contributed by atoms with Gasteiger partial charge in [-0.15, -0.1) is 0 Å². The standard InChI is InChI=1S/C14H23NO3/c1-6-18-12(17)7-8-15-13(2,3)9-11(16)10-14(15,4)5/h7-8H,6,9-10H2,1-5H3/b8-7+. The second-order valence-corrected chi connectivity index (χ2v) is 5.95. The van der Waals surface area contributed by atoms with E-state index in [2.05, 4.69) is 4.90 Å². The zero-order chi connectivity index (χ0) is 14.0. The number of Topliss-reactive ketones (excluding diaryl/α,β-unsaturated/α-hetero) is 1. The Labute approximate surface area is 109 Å². The number of nitrogens with zero attached hydrogens (tertiary/aromatic N) is 1. The average Bonchev–Trinajstić information content (AvgIpc) is 2.12. The molecule has 4 heteroatoms. The number of carbonyl (C=O) groups excluding carboxylic acids is 2. The van der Waals surface area contributed by atoms with Crippen LogP contribution in [0.2, 0.25) is 0 Å². The molecule has 0 N–H and O–H groups in total. The van der Waals surface area contributed by atoms with E-state index >= 15 is 0 Å². The van der Waals surface area contributed by atoms with Crippen molar-refractivity contribution >= 4 is 11.8 Å². The van der Waals surface area contributed by atoms with E-state index < -0.39 is 0 Å². The summed E-state index contributed by atoms with van der Waals surface area (Å²) in [4.78, 5) is 25.2. The average molecular weight is 253 g/mol. The lowest BCUT2D eigenvalue weighted by molar-refractivity contribution is -0.137. The van der Waals surface area contributed by atoms with Gasteiger partial charge in [-0.2, -0.15) is 0 Å². The van der Waals surface area contributed by atoms with E-state index in [1.165, 1.54) is 6.08 Å². The molecule has 1 fully saturated rings. The highest BCUT2D eigenvalue weighted by Crippen LogP contribution is 2.36. The van der Waals surface area contributed by atoms with Crippen LogP contribution in [0.1, 0.15) is 47.5 Å². The molecule has 102 valence electrons.